The molecule has 2 aliphatic rings. The van der Waals surface area contributed by atoms with Crippen molar-refractivity contribution in [2.45, 2.75) is 32.4 Å². The number of carbonyl (C=O) groups is 1. The van der Waals surface area contributed by atoms with Crippen LogP contribution in [0.2, 0.25) is 0 Å². The highest BCUT2D eigenvalue weighted by Crippen LogP contribution is 2.40. The van der Waals surface area contributed by atoms with Crippen LogP contribution in [0.15, 0.2) is 12.3 Å². The molecule has 0 saturated carbocycles. The van der Waals surface area contributed by atoms with Crippen LogP contribution in [0, 0.1) is 0 Å². The lowest BCUT2D eigenvalue weighted by Crippen LogP contribution is -2.53. The topological polar surface area (TPSA) is 141 Å². The third-order valence-corrected chi connectivity index (χ3v) is 7.28. The van der Waals surface area contributed by atoms with Gasteiger partial charge in [-0.25, -0.2) is 18.2 Å². The molecular formula is C21H31N7O6S. The van der Waals surface area contributed by atoms with Crippen LogP contribution in [0.25, 0.3) is 11.4 Å². The summed E-state index contributed by atoms with van der Waals surface area (Å²) in [7, 11) is -0.592. The number of carbonyl (C=O) groups excluding carboxylic acids is 1. The molecular weight excluding hydrogens is 478 g/mol. The Kier molecular flexibility index (Phi) is 7.31. The number of ether oxygens (including phenoxy) is 3. The molecule has 4 heterocycles. The summed E-state index contributed by atoms with van der Waals surface area (Å²) >= 11 is 0. The van der Waals surface area contributed by atoms with Crippen LogP contribution in [0.5, 0.6) is 11.6 Å². The van der Waals surface area contributed by atoms with Gasteiger partial charge >= 0.3 is 6.03 Å². The average molecular weight is 510 g/mol. The van der Waals surface area contributed by atoms with E-state index in [-0.39, 0.29) is 43.5 Å². The molecule has 0 radical (unpaired) electrons. The van der Waals surface area contributed by atoms with Gasteiger partial charge in [-0.1, -0.05) is 0 Å². The van der Waals surface area contributed by atoms with Crippen LogP contribution in [-0.4, -0.2) is 103 Å². The Labute approximate surface area is 204 Å². The summed E-state index contributed by atoms with van der Waals surface area (Å²) in [6.07, 6.45) is 2.35. The van der Waals surface area contributed by atoms with Gasteiger partial charge in [-0.05, 0) is 26.3 Å². The van der Waals surface area contributed by atoms with E-state index < -0.39 is 16.1 Å². The van der Waals surface area contributed by atoms with Gasteiger partial charge in [0.05, 0.1) is 30.6 Å². The van der Waals surface area contributed by atoms with Crippen molar-refractivity contribution in [2.75, 3.05) is 57.5 Å². The smallest absolute Gasteiger partial charge is 0.320 e. The van der Waals surface area contributed by atoms with Gasteiger partial charge in [0.15, 0.2) is 11.6 Å². The zero-order valence-electron chi connectivity index (χ0n) is 20.3. The Morgan fingerprint density at radius 3 is 2.86 bits per heavy atom. The van der Waals surface area contributed by atoms with Crippen LogP contribution >= 0.6 is 0 Å². The third-order valence-electron chi connectivity index (χ3n) is 6.07. The summed E-state index contributed by atoms with van der Waals surface area (Å²) in [4.78, 5) is 19.9. The maximum absolute atomic E-state index is 13.0. The molecule has 35 heavy (non-hydrogen) atoms. The summed E-state index contributed by atoms with van der Waals surface area (Å²) in [5, 5.41) is 8.39. The number of rotatable bonds is 9. The van der Waals surface area contributed by atoms with Crippen molar-refractivity contribution in [1.82, 2.24) is 29.5 Å². The first-order chi connectivity index (χ1) is 16.8. The number of sulfonamides is 1. The Balaban J connectivity index is 1.61. The van der Waals surface area contributed by atoms with E-state index in [1.807, 2.05) is 13.8 Å². The largest absolute Gasteiger partial charge is 0.485 e. The van der Waals surface area contributed by atoms with Gasteiger partial charge in [0, 0.05) is 39.5 Å². The minimum Gasteiger partial charge on any atom is -0.485 e. The van der Waals surface area contributed by atoms with Crippen molar-refractivity contribution < 1.29 is 27.4 Å². The molecule has 2 aromatic rings. The van der Waals surface area contributed by atoms with Crippen molar-refractivity contribution in [3.8, 4) is 23.0 Å². The van der Waals surface area contributed by atoms with E-state index in [9.17, 15) is 13.2 Å². The monoisotopic (exact) mass is 509 g/mol. The summed E-state index contributed by atoms with van der Waals surface area (Å²) in [6, 6.07) is 1.09. The number of aromatic nitrogens is 4. The lowest BCUT2D eigenvalue weighted by molar-refractivity contribution is 0.118. The van der Waals surface area contributed by atoms with Gasteiger partial charge < -0.3 is 24.0 Å². The maximum atomic E-state index is 13.0. The highest BCUT2D eigenvalue weighted by Gasteiger charge is 2.33. The molecule has 1 saturated heterocycles. The zero-order chi connectivity index (χ0) is 25.2. The minimum absolute atomic E-state index is 0.0360. The summed E-state index contributed by atoms with van der Waals surface area (Å²) < 4.78 is 47.2. The minimum atomic E-state index is -3.85. The first-order valence-electron chi connectivity index (χ1n) is 11.5. The molecule has 14 heteroatoms. The van der Waals surface area contributed by atoms with Gasteiger partial charge in [0.2, 0.25) is 16.0 Å². The molecule has 0 aliphatic carbocycles. The molecule has 4 rings (SSSR count). The van der Waals surface area contributed by atoms with Crippen LogP contribution < -0.4 is 14.2 Å². The number of hydrogen-bond donors (Lipinski definition) is 1. The fourth-order valence-corrected chi connectivity index (χ4v) is 5.16. The Morgan fingerprint density at radius 2 is 2.11 bits per heavy atom. The second-order valence-electron chi connectivity index (χ2n) is 8.52. The number of anilines is 1. The first-order valence-corrected chi connectivity index (χ1v) is 13.1. The number of fused-ring (bicyclic) bond motifs is 3. The second-order valence-corrected chi connectivity index (χ2v) is 10.4. The van der Waals surface area contributed by atoms with Gasteiger partial charge in [-0.2, -0.15) is 0 Å². The van der Waals surface area contributed by atoms with Crippen molar-refractivity contribution in [3.63, 3.8) is 0 Å². The lowest BCUT2D eigenvalue weighted by atomic mass is 10.1. The SMILES string of the molecule is CCOc1nccc2c1OC[C@H](COC)n1c(NS(=O)(=O)CCN3C(=O)N(C)CC[C@H]3C)nnc1-2. The van der Waals surface area contributed by atoms with Crippen molar-refractivity contribution in [1.29, 1.82) is 0 Å². The Hall–Kier alpha value is -3.13. The van der Waals surface area contributed by atoms with E-state index in [0.717, 1.165) is 6.42 Å². The molecule has 2 aromatic heterocycles. The average Bonchev–Trinajstić information content (AvgIpc) is 3.14. The zero-order valence-corrected chi connectivity index (χ0v) is 21.1. The van der Waals surface area contributed by atoms with E-state index >= 15 is 0 Å². The molecule has 0 bridgehead atoms. The molecule has 0 unspecified atom stereocenters. The number of nitrogens with zero attached hydrogens (tertiary/aromatic N) is 6. The number of nitrogens with one attached hydrogen (secondary N) is 1. The molecule has 1 N–H and O–H groups in total. The highest BCUT2D eigenvalue weighted by molar-refractivity contribution is 7.92. The predicted octanol–water partition coefficient (Wildman–Crippen LogP) is 1.21. The normalized spacial score (nSPS) is 20.1. The molecule has 2 atom stereocenters. The summed E-state index contributed by atoms with van der Waals surface area (Å²) in [5.74, 6) is 0.910. The number of hydrogen-bond acceptors (Lipinski definition) is 9. The molecule has 2 amide bonds. The number of pyridine rings is 1. The molecule has 13 nitrogen and oxygen atoms in total. The number of methoxy groups -OCH3 is 1. The number of amides is 2. The van der Waals surface area contributed by atoms with Crippen molar-refractivity contribution in [3.05, 3.63) is 12.3 Å². The van der Waals surface area contributed by atoms with E-state index in [1.165, 1.54) is 0 Å². The van der Waals surface area contributed by atoms with Gasteiger partial charge in [0.25, 0.3) is 5.88 Å². The number of urea groups is 1. The first kappa shape index (κ1) is 25.0. The van der Waals surface area contributed by atoms with Gasteiger partial charge in [-0.3, -0.25) is 9.29 Å². The van der Waals surface area contributed by atoms with Crippen molar-refractivity contribution >= 4 is 22.0 Å². The quantitative estimate of drug-likeness (QED) is 0.528. The second kappa shape index (κ2) is 10.2. The van der Waals surface area contributed by atoms with Crippen LogP contribution in [0.3, 0.4) is 0 Å². The van der Waals surface area contributed by atoms with Gasteiger partial charge in [0.1, 0.15) is 6.61 Å². The van der Waals surface area contributed by atoms with Gasteiger partial charge in [-0.15, -0.1) is 10.2 Å². The Morgan fingerprint density at radius 1 is 1.31 bits per heavy atom. The lowest BCUT2D eigenvalue weighted by Gasteiger charge is -2.38. The standard InChI is InChI=1S/C21H31N7O6S/c1-5-33-19-17-16(6-8-22-19)18-23-24-20(28(18)15(12-32-4)13-34-17)25-35(30,31)11-10-27-14(2)7-9-26(3)21(27)29/h6,8,14-15H,5,7,9-13H2,1-4H3,(H,24,25)/t14-,15+/m1/s1. The molecule has 0 aromatic carbocycles. The molecule has 192 valence electrons. The van der Waals surface area contributed by atoms with E-state index in [4.69, 9.17) is 14.2 Å². The predicted molar refractivity (Wildman–Crippen MR) is 127 cm³/mol. The molecule has 1 fully saturated rings. The maximum Gasteiger partial charge on any atom is 0.320 e. The van der Waals surface area contributed by atoms with E-state index in [0.29, 0.717) is 36.2 Å². The molecule has 0 spiro atoms. The summed E-state index contributed by atoms with van der Waals surface area (Å²) in [6.45, 7) is 5.28. The van der Waals surface area contributed by atoms with Crippen LogP contribution in [0.4, 0.5) is 10.7 Å². The summed E-state index contributed by atoms with van der Waals surface area (Å²) in [5.41, 5.74) is 0.579. The fraction of sp³-hybridized carbons (Fsp3) is 0.619. The van der Waals surface area contributed by atoms with Crippen LogP contribution in [0.1, 0.15) is 26.3 Å². The third kappa shape index (κ3) is 5.12. The van der Waals surface area contributed by atoms with Crippen molar-refractivity contribution in [2.24, 2.45) is 0 Å². The molecule has 2 aliphatic heterocycles. The van der Waals surface area contributed by atoms with Crippen LogP contribution in [-0.2, 0) is 14.8 Å². The van der Waals surface area contributed by atoms with E-state index in [2.05, 4.69) is 19.9 Å². The fourth-order valence-electron chi connectivity index (χ4n) is 4.21. The highest BCUT2D eigenvalue weighted by atomic mass is 32.2. The van der Waals surface area contributed by atoms with E-state index in [1.54, 1.807) is 40.8 Å². The Bertz CT molecular complexity index is 1170.